The first kappa shape index (κ1) is 20.5. The van der Waals surface area contributed by atoms with Crippen LogP contribution in [0.15, 0.2) is 24.4 Å². The molecular weight excluding hydrogens is 321 g/mol. The zero-order valence-corrected chi connectivity index (χ0v) is 14.4. The molecule has 1 aromatic carbocycles. The van der Waals surface area contributed by atoms with Gasteiger partial charge in [0.15, 0.2) is 0 Å². The normalized spacial score (nSPS) is 9.91. The number of rotatable bonds is 5. The van der Waals surface area contributed by atoms with Crippen molar-refractivity contribution in [2.45, 2.75) is 26.8 Å². The maximum atomic E-state index is 10.4. The molecule has 0 amide bonds. The van der Waals surface area contributed by atoms with Crippen LogP contribution in [0.2, 0.25) is 0 Å². The number of benzene rings is 1. The standard InChI is InChI=1S/C16H19N3O.2ClH/c1-3-19(4-2)11-13-10-12(7-8-17)14-6-5-9-18-15(14)16(13)20;;/h5-6,9-10,20H,3-4,7,11H2,1-2H3;2*1H. The first-order chi connectivity index (χ1) is 9.71. The van der Waals surface area contributed by atoms with Crippen LogP contribution in [0, 0.1) is 11.3 Å². The number of pyridine rings is 1. The van der Waals surface area contributed by atoms with Crippen LogP contribution in [-0.4, -0.2) is 28.1 Å². The fourth-order valence-electron chi connectivity index (χ4n) is 2.40. The Labute approximate surface area is 143 Å². The summed E-state index contributed by atoms with van der Waals surface area (Å²) < 4.78 is 0. The zero-order valence-electron chi connectivity index (χ0n) is 12.7. The van der Waals surface area contributed by atoms with Crippen molar-refractivity contribution < 1.29 is 5.11 Å². The second kappa shape index (κ2) is 9.47. The summed E-state index contributed by atoms with van der Waals surface area (Å²) in [6.45, 7) is 6.70. The predicted octanol–water partition coefficient (Wildman–Crippen LogP) is 3.69. The predicted molar refractivity (Wildman–Crippen MR) is 93.8 cm³/mol. The minimum Gasteiger partial charge on any atom is -0.505 e. The number of fused-ring (bicyclic) bond motifs is 1. The average molecular weight is 342 g/mol. The summed E-state index contributed by atoms with van der Waals surface area (Å²) in [7, 11) is 0. The number of phenolic OH excluding ortho intramolecular Hbond substituents is 1. The number of hydrogen-bond donors (Lipinski definition) is 1. The van der Waals surface area contributed by atoms with Crippen molar-refractivity contribution in [1.82, 2.24) is 9.88 Å². The molecule has 0 aliphatic rings. The molecule has 0 saturated heterocycles. The molecular formula is C16H21Cl2N3O. The van der Waals surface area contributed by atoms with Gasteiger partial charge in [-0.2, -0.15) is 5.26 Å². The molecule has 0 unspecified atom stereocenters. The number of phenols is 1. The smallest absolute Gasteiger partial charge is 0.146 e. The van der Waals surface area contributed by atoms with E-state index in [1.807, 2.05) is 18.2 Å². The Balaban J connectivity index is 0.00000220. The van der Waals surface area contributed by atoms with Gasteiger partial charge >= 0.3 is 0 Å². The van der Waals surface area contributed by atoms with Crippen molar-refractivity contribution in [2.24, 2.45) is 0 Å². The van der Waals surface area contributed by atoms with Crippen LogP contribution in [-0.2, 0) is 13.0 Å². The molecule has 2 rings (SSSR count). The van der Waals surface area contributed by atoms with E-state index >= 15 is 0 Å². The Morgan fingerprint density at radius 3 is 2.50 bits per heavy atom. The number of aromatic nitrogens is 1. The highest BCUT2D eigenvalue weighted by Crippen LogP contribution is 2.31. The highest BCUT2D eigenvalue weighted by molar-refractivity contribution is 5.88. The van der Waals surface area contributed by atoms with E-state index in [0.29, 0.717) is 18.5 Å². The lowest BCUT2D eigenvalue weighted by Crippen LogP contribution is -2.22. The van der Waals surface area contributed by atoms with Gasteiger partial charge in [0.1, 0.15) is 11.3 Å². The third kappa shape index (κ3) is 4.23. The number of halogens is 2. The van der Waals surface area contributed by atoms with E-state index in [0.717, 1.165) is 29.6 Å². The van der Waals surface area contributed by atoms with E-state index in [1.165, 1.54) is 0 Å². The lowest BCUT2D eigenvalue weighted by atomic mass is 10.0. The molecule has 0 aliphatic carbocycles. The van der Waals surface area contributed by atoms with Gasteiger partial charge in [-0.3, -0.25) is 9.88 Å². The lowest BCUT2D eigenvalue weighted by molar-refractivity contribution is 0.291. The number of aromatic hydroxyl groups is 1. The molecule has 1 heterocycles. The Kier molecular flexibility index (Phi) is 8.81. The Morgan fingerprint density at radius 2 is 1.91 bits per heavy atom. The first-order valence-electron chi connectivity index (χ1n) is 6.89. The van der Waals surface area contributed by atoms with Gasteiger partial charge in [-0.05, 0) is 30.8 Å². The highest BCUT2D eigenvalue weighted by atomic mass is 35.5. The third-order valence-corrected chi connectivity index (χ3v) is 3.59. The molecule has 0 bridgehead atoms. The second-order valence-electron chi connectivity index (χ2n) is 4.74. The van der Waals surface area contributed by atoms with Crippen LogP contribution in [0.25, 0.3) is 10.9 Å². The molecule has 1 aromatic heterocycles. The van der Waals surface area contributed by atoms with Crippen molar-refractivity contribution in [1.29, 1.82) is 5.26 Å². The van der Waals surface area contributed by atoms with Crippen LogP contribution in [0.1, 0.15) is 25.0 Å². The van der Waals surface area contributed by atoms with Gasteiger partial charge in [0.05, 0.1) is 12.5 Å². The SMILES string of the molecule is CCN(CC)Cc1cc(CC#N)c2cccnc2c1O.Cl.Cl. The van der Waals surface area contributed by atoms with Crippen LogP contribution in [0.5, 0.6) is 5.75 Å². The van der Waals surface area contributed by atoms with Crippen molar-refractivity contribution in [3.63, 3.8) is 0 Å². The minimum atomic E-state index is 0. The number of nitrogens with zero attached hydrogens (tertiary/aromatic N) is 3. The van der Waals surface area contributed by atoms with Gasteiger partial charge in [0, 0.05) is 23.7 Å². The van der Waals surface area contributed by atoms with E-state index < -0.39 is 0 Å². The van der Waals surface area contributed by atoms with E-state index in [2.05, 4.69) is 29.8 Å². The second-order valence-corrected chi connectivity index (χ2v) is 4.74. The molecule has 4 nitrogen and oxygen atoms in total. The van der Waals surface area contributed by atoms with Gasteiger partial charge in [-0.25, -0.2) is 0 Å². The van der Waals surface area contributed by atoms with Crippen LogP contribution in [0.3, 0.4) is 0 Å². The van der Waals surface area contributed by atoms with Gasteiger partial charge < -0.3 is 5.11 Å². The lowest BCUT2D eigenvalue weighted by Gasteiger charge is -2.20. The van der Waals surface area contributed by atoms with Crippen molar-refractivity contribution in [3.8, 4) is 11.8 Å². The summed E-state index contributed by atoms with van der Waals surface area (Å²) in [5.41, 5.74) is 2.35. The van der Waals surface area contributed by atoms with Gasteiger partial charge in [-0.1, -0.05) is 19.9 Å². The highest BCUT2D eigenvalue weighted by Gasteiger charge is 2.13. The summed E-state index contributed by atoms with van der Waals surface area (Å²) in [4.78, 5) is 6.49. The van der Waals surface area contributed by atoms with E-state index in [9.17, 15) is 5.11 Å². The largest absolute Gasteiger partial charge is 0.505 e. The molecule has 120 valence electrons. The Hall–Kier alpha value is -1.54. The Morgan fingerprint density at radius 1 is 1.23 bits per heavy atom. The van der Waals surface area contributed by atoms with E-state index in [1.54, 1.807) is 6.20 Å². The van der Waals surface area contributed by atoms with Crippen LogP contribution in [0.4, 0.5) is 0 Å². The monoisotopic (exact) mass is 341 g/mol. The molecule has 22 heavy (non-hydrogen) atoms. The quantitative estimate of drug-likeness (QED) is 0.900. The molecule has 0 atom stereocenters. The van der Waals surface area contributed by atoms with Gasteiger partial charge in [0.2, 0.25) is 0 Å². The Bertz CT molecular complexity index is 652. The van der Waals surface area contributed by atoms with Crippen molar-refractivity contribution >= 4 is 35.7 Å². The number of nitriles is 1. The van der Waals surface area contributed by atoms with Gasteiger partial charge in [-0.15, -0.1) is 24.8 Å². The molecule has 0 aliphatic heterocycles. The summed E-state index contributed by atoms with van der Waals surface area (Å²) >= 11 is 0. The number of hydrogen-bond acceptors (Lipinski definition) is 4. The summed E-state index contributed by atoms with van der Waals surface area (Å²) in [5, 5.41) is 20.2. The summed E-state index contributed by atoms with van der Waals surface area (Å²) in [5.74, 6) is 0.231. The van der Waals surface area contributed by atoms with Crippen molar-refractivity contribution in [2.75, 3.05) is 13.1 Å². The fourth-order valence-corrected chi connectivity index (χ4v) is 2.40. The molecule has 0 fully saturated rings. The van der Waals surface area contributed by atoms with Crippen molar-refractivity contribution in [3.05, 3.63) is 35.5 Å². The summed E-state index contributed by atoms with van der Waals surface area (Å²) in [6, 6.07) is 7.84. The minimum absolute atomic E-state index is 0. The van der Waals surface area contributed by atoms with Gasteiger partial charge in [0.25, 0.3) is 0 Å². The maximum Gasteiger partial charge on any atom is 0.146 e. The summed E-state index contributed by atoms with van der Waals surface area (Å²) in [6.07, 6.45) is 1.99. The fraction of sp³-hybridized carbons (Fsp3) is 0.375. The third-order valence-electron chi connectivity index (χ3n) is 3.59. The zero-order chi connectivity index (χ0) is 14.5. The molecule has 2 aromatic rings. The topological polar surface area (TPSA) is 60.2 Å². The molecule has 0 spiro atoms. The molecule has 1 N–H and O–H groups in total. The van der Waals surface area contributed by atoms with E-state index in [4.69, 9.17) is 5.26 Å². The maximum absolute atomic E-state index is 10.4. The molecule has 0 saturated carbocycles. The molecule has 0 radical (unpaired) electrons. The van der Waals surface area contributed by atoms with Crippen LogP contribution < -0.4 is 0 Å². The molecule has 6 heteroatoms. The average Bonchev–Trinajstić information content (AvgIpc) is 2.49. The van der Waals surface area contributed by atoms with E-state index in [-0.39, 0.29) is 30.6 Å². The van der Waals surface area contributed by atoms with Crippen LogP contribution >= 0.6 is 24.8 Å². The first-order valence-corrected chi connectivity index (χ1v) is 6.89.